The quantitative estimate of drug-likeness (QED) is 0.536. The van der Waals surface area contributed by atoms with Crippen LogP contribution in [0.5, 0.6) is 5.75 Å². The molecule has 3 aromatic rings. The summed E-state index contributed by atoms with van der Waals surface area (Å²) in [4.78, 5) is 16.4. The van der Waals surface area contributed by atoms with Gasteiger partial charge < -0.3 is 14.6 Å². The molecule has 0 radical (unpaired) electrons. The Morgan fingerprint density at radius 3 is 2.30 bits per heavy atom. The molecule has 0 fully saturated rings. The first-order valence-electron chi connectivity index (χ1n) is 10.3. The molecule has 2 aromatic carbocycles. The third-order valence-corrected chi connectivity index (χ3v) is 6.19. The van der Waals surface area contributed by atoms with Crippen molar-refractivity contribution in [2.75, 3.05) is 24.2 Å². The van der Waals surface area contributed by atoms with Gasteiger partial charge in [-0.3, -0.25) is 9.10 Å². The molecule has 0 saturated heterocycles. The minimum Gasteiger partial charge on any atom is -0.484 e. The average molecular weight is 473 g/mol. The lowest BCUT2D eigenvalue weighted by atomic mass is 9.87. The number of rotatable bonds is 8. The Kier molecular flexibility index (Phi) is 7.06. The first kappa shape index (κ1) is 24.2. The summed E-state index contributed by atoms with van der Waals surface area (Å²) >= 11 is 0. The van der Waals surface area contributed by atoms with E-state index in [2.05, 4.69) is 36.2 Å². The van der Waals surface area contributed by atoms with Crippen molar-refractivity contribution in [2.24, 2.45) is 0 Å². The van der Waals surface area contributed by atoms with Crippen molar-refractivity contribution < 1.29 is 22.5 Å². The number of sulfonamides is 1. The number of nitrogens with zero attached hydrogens (tertiary/aromatic N) is 3. The summed E-state index contributed by atoms with van der Waals surface area (Å²) in [6.07, 6.45) is 1.12. The van der Waals surface area contributed by atoms with E-state index in [9.17, 15) is 13.2 Å². The molecule has 0 aliphatic rings. The van der Waals surface area contributed by atoms with Crippen LogP contribution in [0.3, 0.4) is 0 Å². The number of nitrogens with one attached hydrogen (secondary N) is 1. The summed E-state index contributed by atoms with van der Waals surface area (Å²) in [5, 5.41) is 6.64. The van der Waals surface area contributed by atoms with Crippen LogP contribution in [0.1, 0.15) is 32.2 Å². The zero-order chi connectivity index (χ0) is 24.2. The molecule has 176 valence electrons. The predicted molar refractivity (Wildman–Crippen MR) is 125 cm³/mol. The molecule has 1 aromatic heterocycles. The maximum atomic E-state index is 12.1. The standard InChI is InChI=1S/C23H28N4O5S/c1-23(2,3)17-8-6-16(7-9-17)22-25-21(32-26-22)14-24-20(28)15-31-19-12-10-18(11-13-19)27(4)33(5,29)30/h6-13H,14-15H2,1-5H3,(H,24,28). The fourth-order valence-corrected chi connectivity index (χ4v) is 3.39. The lowest BCUT2D eigenvalue weighted by molar-refractivity contribution is -0.123. The van der Waals surface area contributed by atoms with Crippen LogP contribution in [0.2, 0.25) is 0 Å². The maximum Gasteiger partial charge on any atom is 0.258 e. The second kappa shape index (κ2) is 9.62. The van der Waals surface area contributed by atoms with Gasteiger partial charge in [-0.15, -0.1) is 0 Å². The fraction of sp³-hybridized carbons (Fsp3) is 0.348. The highest BCUT2D eigenvalue weighted by Gasteiger charge is 2.15. The van der Waals surface area contributed by atoms with Gasteiger partial charge in [-0.2, -0.15) is 4.98 Å². The molecular weight excluding hydrogens is 444 g/mol. The second-order valence-electron chi connectivity index (χ2n) is 8.63. The zero-order valence-electron chi connectivity index (χ0n) is 19.3. The number of carbonyl (C=O) groups is 1. The Morgan fingerprint density at radius 1 is 1.09 bits per heavy atom. The Balaban J connectivity index is 1.49. The molecule has 0 atom stereocenters. The van der Waals surface area contributed by atoms with E-state index in [1.807, 2.05) is 24.3 Å². The van der Waals surface area contributed by atoms with Crippen molar-refractivity contribution in [3.05, 3.63) is 60.0 Å². The first-order valence-corrected chi connectivity index (χ1v) is 12.2. The summed E-state index contributed by atoms with van der Waals surface area (Å²) < 4.78 is 35.0. The van der Waals surface area contributed by atoms with Gasteiger partial charge in [0.2, 0.25) is 21.7 Å². The molecule has 1 amide bonds. The number of carbonyl (C=O) groups excluding carboxylic acids is 1. The summed E-state index contributed by atoms with van der Waals surface area (Å²) in [5.74, 6) is 0.817. The minimum absolute atomic E-state index is 0.0574. The molecule has 0 bridgehead atoms. The van der Waals surface area contributed by atoms with Crippen LogP contribution in [0.4, 0.5) is 5.69 Å². The number of amides is 1. The summed E-state index contributed by atoms with van der Waals surface area (Å²) in [7, 11) is -1.88. The van der Waals surface area contributed by atoms with Crippen molar-refractivity contribution in [3.8, 4) is 17.1 Å². The van der Waals surface area contributed by atoms with Gasteiger partial charge in [-0.25, -0.2) is 8.42 Å². The van der Waals surface area contributed by atoms with Crippen LogP contribution in [-0.4, -0.2) is 44.4 Å². The third kappa shape index (κ3) is 6.55. The minimum atomic E-state index is -3.34. The van der Waals surface area contributed by atoms with Gasteiger partial charge in [0, 0.05) is 12.6 Å². The molecule has 0 aliphatic heterocycles. The van der Waals surface area contributed by atoms with Gasteiger partial charge >= 0.3 is 0 Å². The molecule has 0 aliphatic carbocycles. The monoisotopic (exact) mass is 472 g/mol. The molecule has 0 saturated carbocycles. The number of aromatic nitrogens is 2. The van der Waals surface area contributed by atoms with Crippen molar-refractivity contribution in [2.45, 2.75) is 32.7 Å². The third-order valence-electron chi connectivity index (χ3n) is 4.98. The molecule has 0 unspecified atom stereocenters. The fourth-order valence-electron chi connectivity index (χ4n) is 2.88. The lowest BCUT2D eigenvalue weighted by Crippen LogP contribution is -2.28. The van der Waals surface area contributed by atoms with Crippen LogP contribution < -0.4 is 14.4 Å². The van der Waals surface area contributed by atoms with E-state index in [-0.39, 0.29) is 30.4 Å². The summed E-state index contributed by atoms with van der Waals surface area (Å²) in [6, 6.07) is 14.4. The second-order valence-corrected chi connectivity index (χ2v) is 10.6. The van der Waals surface area contributed by atoms with E-state index in [0.29, 0.717) is 17.3 Å². The van der Waals surface area contributed by atoms with Gasteiger partial charge in [-0.05, 0) is 35.2 Å². The molecule has 3 rings (SSSR count). The zero-order valence-corrected chi connectivity index (χ0v) is 20.1. The highest BCUT2D eigenvalue weighted by Crippen LogP contribution is 2.25. The molecule has 1 N–H and O–H groups in total. The smallest absolute Gasteiger partial charge is 0.258 e. The molecule has 10 heteroatoms. The van der Waals surface area contributed by atoms with Crippen LogP contribution in [-0.2, 0) is 26.8 Å². The van der Waals surface area contributed by atoms with E-state index >= 15 is 0 Å². The van der Waals surface area contributed by atoms with Crippen molar-refractivity contribution >= 4 is 21.6 Å². The number of anilines is 1. The van der Waals surface area contributed by atoms with Crippen molar-refractivity contribution in [1.82, 2.24) is 15.5 Å². The molecular formula is C23H28N4O5S. The Labute approximate surface area is 193 Å². The molecule has 1 heterocycles. The van der Waals surface area contributed by atoms with E-state index in [0.717, 1.165) is 16.1 Å². The van der Waals surface area contributed by atoms with Gasteiger partial charge in [0.25, 0.3) is 5.91 Å². The molecule has 0 spiro atoms. The summed E-state index contributed by atoms with van der Waals surface area (Å²) in [5.41, 5.74) is 2.59. The molecule has 33 heavy (non-hydrogen) atoms. The van der Waals surface area contributed by atoms with Crippen LogP contribution in [0, 0.1) is 0 Å². The predicted octanol–water partition coefficient (Wildman–Crippen LogP) is 3.13. The van der Waals surface area contributed by atoms with Gasteiger partial charge in [0.1, 0.15) is 5.75 Å². The Bertz CT molecular complexity index is 1200. The Hall–Kier alpha value is -3.40. The van der Waals surface area contributed by atoms with Crippen LogP contribution >= 0.6 is 0 Å². The highest BCUT2D eigenvalue weighted by molar-refractivity contribution is 7.92. The van der Waals surface area contributed by atoms with Crippen molar-refractivity contribution in [1.29, 1.82) is 0 Å². The van der Waals surface area contributed by atoms with Crippen molar-refractivity contribution in [3.63, 3.8) is 0 Å². The highest BCUT2D eigenvalue weighted by atomic mass is 32.2. The van der Waals surface area contributed by atoms with E-state index in [1.54, 1.807) is 24.3 Å². The lowest BCUT2D eigenvalue weighted by Gasteiger charge is -2.18. The topological polar surface area (TPSA) is 115 Å². The Morgan fingerprint density at radius 2 is 1.73 bits per heavy atom. The van der Waals surface area contributed by atoms with Gasteiger partial charge in [0.15, 0.2) is 6.61 Å². The first-order chi connectivity index (χ1) is 15.4. The van der Waals surface area contributed by atoms with E-state index in [1.165, 1.54) is 12.6 Å². The number of ether oxygens (including phenoxy) is 1. The maximum absolute atomic E-state index is 12.1. The van der Waals surface area contributed by atoms with E-state index in [4.69, 9.17) is 9.26 Å². The normalized spacial score (nSPS) is 11.8. The van der Waals surface area contributed by atoms with Crippen LogP contribution in [0.15, 0.2) is 53.1 Å². The summed E-state index contributed by atoms with van der Waals surface area (Å²) in [6.45, 7) is 6.30. The number of benzene rings is 2. The molecule has 9 nitrogen and oxygen atoms in total. The number of hydrogen-bond acceptors (Lipinski definition) is 7. The van der Waals surface area contributed by atoms with Gasteiger partial charge in [0.05, 0.1) is 18.5 Å². The largest absolute Gasteiger partial charge is 0.484 e. The van der Waals surface area contributed by atoms with E-state index < -0.39 is 10.0 Å². The number of hydrogen-bond donors (Lipinski definition) is 1. The average Bonchev–Trinajstić information content (AvgIpc) is 3.24. The van der Waals surface area contributed by atoms with Gasteiger partial charge in [-0.1, -0.05) is 50.2 Å². The SMILES string of the molecule is CN(c1ccc(OCC(=O)NCc2nc(-c3ccc(C(C)(C)C)cc3)no2)cc1)S(C)(=O)=O. The van der Waals surface area contributed by atoms with Crippen LogP contribution in [0.25, 0.3) is 11.4 Å².